The summed E-state index contributed by atoms with van der Waals surface area (Å²) < 4.78 is 31.2. The Hall–Kier alpha value is -2.54. The van der Waals surface area contributed by atoms with E-state index in [1.54, 1.807) is 26.2 Å². The first-order chi connectivity index (χ1) is 13.0. The molecule has 0 fully saturated rings. The van der Waals surface area contributed by atoms with Gasteiger partial charge in [0.1, 0.15) is 11.8 Å². The van der Waals surface area contributed by atoms with E-state index in [1.165, 1.54) is 0 Å². The molecule has 2 aromatic carbocycles. The Morgan fingerprint density at radius 1 is 1.04 bits per heavy atom. The molecule has 0 radical (unpaired) electrons. The van der Waals surface area contributed by atoms with E-state index in [0.717, 1.165) is 33.0 Å². The quantitative estimate of drug-likeness (QED) is 0.768. The summed E-state index contributed by atoms with van der Waals surface area (Å²) in [6, 6.07) is 11.6. The van der Waals surface area contributed by atoms with Crippen LogP contribution >= 0.6 is 0 Å². The second-order valence-corrected chi connectivity index (χ2v) is 8.87. The van der Waals surface area contributed by atoms with E-state index in [0.29, 0.717) is 5.69 Å². The van der Waals surface area contributed by atoms with Crippen molar-refractivity contribution in [3.8, 4) is 5.75 Å². The Morgan fingerprint density at radius 3 is 2.14 bits per heavy atom. The van der Waals surface area contributed by atoms with E-state index in [1.807, 2.05) is 51.1 Å². The summed E-state index contributed by atoms with van der Waals surface area (Å²) in [4.78, 5) is 12.8. The highest BCUT2D eigenvalue weighted by atomic mass is 32.2. The van der Waals surface area contributed by atoms with Crippen molar-refractivity contribution in [2.45, 2.75) is 39.8 Å². The standard InChI is InChI=1S/C21H28N2O4S/c1-14-7-10-19(13-15(14)2)23(28(6,25)26)17(4)21(24)22-16(3)18-8-11-20(27-5)12-9-18/h7-13,16-17H,1-6H3,(H,22,24)/t16-,17-/m1/s1. The van der Waals surface area contributed by atoms with Crippen LogP contribution in [0.1, 0.15) is 36.6 Å². The van der Waals surface area contributed by atoms with E-state index in [-0.39, 0.29) is 11.9 Å². The molecule has 152 valence electrons. The van der Waals surface area contributed by atoms with Gasteiger partial charge in [-0.2, -0.15) is 0 Å². The average molecular weight is 405 g/mol. The lowest BCUT2D eigenvalue weighted by Gasteiger charge is -2.29. The minimum Gasteiger partial charge on any atom is -0.497 e. The van der Waals surface area contributed by atoms with Crippen LogP contribution in [0.5, 0.6) is 5.75 Å². The summed E-state index contributed by atoms with van der Waals surface area (Å²) in [5.41, 5.74) is 3.40. The van der Waals surface area contributed by atoms with Crippen molar-refractivity contribution in [2.75, 3.05) is 17.7 Å². The van der Waals surface area contributed by atoms with E-state index in [4.69, 9.17) is 4.74 Å². The molecule has 0 bridgehead atoms. The topological polar surface area (TPSA) is 75.7 Å². The van der Waals surface area contributed by atoms with Gasteiger partial charge in [-0.3, -0.25) is 9.10 Å². The number of hydrogen-bond acceptors (Lipinski definition) is 4. The minimum absolute atomic E-state index is 0.276. The molecule has 7 heteroatoms. The molecule has 0 spiro atoms. The predicted octanol–water partition coefficient (Wildman–Crippen LogP) is 3.34. The van der Waals surface area contributed by atoms with Gasteiger partial charge in [0.2, 0.25) is 15.9 Å². The van der Waals surface area contributed by atoms with Crippen molar-refractivity contribution < 1.29 is 17.9 Å². The fourth-order valence-electron chi connectivity index (χ4n) is 2.98. The van der Waals surface area contributed by atoms with E-state index in [9.17, 15) is 13.2 Å². The van der Waals surface area contributed by atoms with Gasteiger partial charge in [-0.15, -0.1) is 0 Å². The van der Waals surface area contributed by atoms with Crippen LogP contribution < -0.4 is 14.4 Å². The van der Waals surface area contributed by atoms with Gasteiger partial charge in [0.25, 0.3) is 0 Å². The number of anilines is 1. The molecule has 0 unspecified atom stereocenters. The van der Waals surface area contributed by atoms with Gasteiger partial charge in [-0.05, 0) is 68.7 Å². The first-order valence-electron chi connectivity index (χ1n) is 9.05. The number of carbonyl (C=O) groups excluding carboxylic acids is 1. The third-order valence-electron chi connectivity index (χ3n) is 4.81. The van der Waals surface area contributed by atoms with E-state index < -0.39 is 16.1 Å². The average Bonchev–Trinajstić information content (AvgIpc) is 2.63. The maximum Gasteiger partial charge on any atom is 0.244 e. The van der Waals surface area contributed by atoms with Crippen LogP contribution in [-0.2, 0) is 14.8 Å². The van der Waals surface area contributed by atoms with Gasteiger partial charge in [0, 0.05) is 0 Å². The maximum absolute atomic E-state index is 12.8. The summed E-state index contributed by atoms with van der Waals surface area (Å²) in [5, 5.41) is 2.90. The Morgan fingerprint density at radius 2 is 1.64 bits per heavy atom. The van der Waals surface area contributed by atoms with Crippen molar-refractivity contribution in [1.29, 1.82) is 0 Å². The zero-order valence-electron chi connectivity index (χ0n) is 17.2. The highest BCUT2D eigenvalue weighted by molar-refractivity contribution is 7.92. The lowest BCUT2D eigenvalue weighted by Crippen LogP contribution is -2.48. The lowest BCUT2D eigenvalue weighted by molar-refractivity contribution is -0.122. The Bertz CT molecular complexity index is 939. The van der Waals surface area contributed by atoms with Gasteiger partial charge in [0.05, 0.1) is 25.1 Å². The first kappa shape index (κ1) is 21.8. The molecule has 0 saturated carbocycles. The Labute approximate surface area is 167 Å². The van der Waals surface area contributed by atoms with Gasteiger partial charge < -0.3 is 10.1 Å². The predicted molar refractivity (Wildman–Crippen MR) is 112 cm³/mol. The summed E-state index contributed by atoms with van der Waals surface area (Å²) in [6.45, 7) is 7.31. The summed E-state index contributed by atoms with van der Waals surface area (Å²) in [7, 11) is -2.05. The Kier molecular flexibility index (Phi) is 6.72. The number of benzene rings is 2. The van der Waals surface area contributed by atoms with Gasteiger partial charge in [-0.1, -0.05) is 18.2 Å². The van der Waals surface area contributed by atoms with Gasteiger partial charge in [0.15, 0.2) is 0 Å². The molecule has 28 heavy (non-hydrogen) atoms. The number of ether oxygens (including phenoxy) is 1. The van der Waals surface area contributed by atoms with Crippen LogP contribution in [-0.4, -0.2) is 33.7 Å². The van der Waals surface area contributed by atoms with Crippen molar-refractivity contribution in [1.82, 2.24) is 5.32 Å². The van der Waals surface area contributed by atoms with Crippen molar-refractivity contribution in [2.24, 2.45) is 0 Å². The number of sulfonamides is 1. The molecule has 1 amide bonds. The summed E-state index contributed by atoms with van der Waals surface area (Å²) in [6.07, 6.45) is 1.11. The summed E-state index contributed by atoms with van der Waals surface area (Å²) in [5.74, 6) is 0.362. The van der Waals surface area contributed by atoms with Crippen molar-refractivity contribution in [3.63, 3.8) is 0 Å². The smallest absolute Gasteiger partial charge is 0.244 e. The molecule has 0 aromatic heterocycles. The fraction of sp³-hybridized carbons (Fsp3) is 0.381. The highest BCUT2D eigenvalue weighted by Gasteiger charge is 2.30. The first-order valence-corrected chi connectivity index (χ1v) is 10.9. The number of amides is 1. The van der Waals surface area contributed by atoms with Gasteiger partial charge in [-0.25, -0.2) is 8.42 Å². The second kappa shape index (κ2) is 8.65. The van der Waals surface area contributed by atoms with E-state index in [2.05, 4.69) is 5.32 Å². The molecule has 0 aliphatic rings. The molecule has 0 heterocycles. The molecule has 2 aromatic rings. The van der Waals surface area contributed by atoms with E-state index >= 15 is 0 Å². The van der Waals surface area contributed by atoms with Crippen molar-refractivity contribution >= 4 is 21.6 Å². The van der Waals surface area contributed by atoms with Crippen molar-refractivity contribution in [3.05, 3.63) is 59.2 Å². The SMILES string of the molecule is COc1ccc([C@@H](C)NC(=O)[C@@H](C)N(c2ccc(C)c(C)c2)S(C)(=O)=O)cc1. The third-order valence-corrected chi connectivity index (χ3v) is 6.05. The maximum atomic E-state index is 12.8. The lowest BCUT2D eigenvalue weighted by atomic mass is 10.1. The number of nitrogens with one attached hydrogen (secondary N) is 1. The van der Waals surface area contributed by atoms with Crippen LogP contribution in [0.2, 0.25) is 0 Å². The van der Waals surface area contributed by atoms with Crippen LogP contribution in [0.3, 0.4) is 0 Å². The van der Waals surface area contributed by atoms with Crippen LogP contribution in [0, 0.1) is 13.8 Å². The summed E-state index contributed by atoms with van der Waals surface area (Å²) >= 11 is 0. The van der Waals surface area contributed by atoms with Crippen LogP contribution in [0.15, 0.2) is 42.5 Å². The van der Waals surface area contributed by atoms with Crippen LogP contribution in [0.4, 0.5) is 5.69 Å². The molecular formula is C21H28N2O4S. The molecule has 2 atom stereocenters. The fourth-order valence-corrected chi connectivity index (χ4v) is 4.15. The molecule has 6 nitrogen and oxygen atoms in total. The monoisotopic (exact) mass is 404 g/mol. The minimum atomic E-state index is -3.65. The highest BCUT2D eigenvalue weighted by Crippen LogP contribution is 2.24. The molecule has 0 aliphatic carbocycles. The number of nitrogens with zero attached hydrogens (tertiary/aromatic N) is 1. The number of carbonyl (C=O) groups is 1. The number of aryl methyl sites for hydroxylation is 2. The zero-order chi connectivity index (χ0) is 21.1. The third kappa shape index (κ3) is 5.04. The molecule has 1 N–H and O–H groups in total. The zero-order valence-corrected chi connectivity index (χ0v) is 18.0. The second-order valence-electron chi connectivity index (χ2n) is 7.01. The molecule has 0 aliphatic heterocycles. The number of methoxy groups -OCH3 is 1. The number of hydrogen-bond donors (Lipinski definition) is 1. The van der Waals surface area contributed by atoms with Gasteiger partial charge >= 0.3 is 0 Å². The van der Waals surface area contributed by atoms with Crippen LogP contribution in [0.25, 0.3) is 0 Å². The molecular weight excluding hydrogens is 376 g/mol. The number of rotatable bonds is 7. The Balaban J connectivity index is 2.24. The molecule has 2 rings (SSSR count). The molecule has 0 saturated heterocycles. The largest absolute Gasteiger partial charge is 0.497 e. The normalized spacial score (nSPS) is 13.5.